The van der Waals surface area contributed by atoms with Gasteiger partial charge in [-0.05, 0) is 67.0 Å². The van der Waals surface area contributed by atoms with Gasteiger partial charge in [-0.3, -0.25) is 4.79 Å². The average molecular weight is 577 g/mol. The number of rotatable bonds is 8. The Morgan fingerprint density at radius 1 is 1.02 bits per heavy atom. The molecule has 0 aliphatic carbocycles. The van der Waals surface area contributed by atoms with Crippen LogP contribution in [0.4, 0.5) is 4.79 Å². The first-order valence-electron chi connectivity index (χ1n) is 14.0. The summed E-state index contributed by atoms with van der Waals surface area (Å²) in [7, 11) is 1.40. The van der Waals surface area contributed by atoms with Gasteiger partial charge in [0.1, 0.15) is 18.0 Å². The third kappa shape index (κ3) is 5.69. The number of nitrogens with zero attached hydrogens (tertiary/aromatic N) is 6. The number of carboxylic acid groups (broad SMARTS) is 1. The van der Waals surface area contributed by atoms with E-state index in [0.717, 1.165) is 41.6 Å². The summed E-state index contributed by atoms with van der Waals surface area (Å²) in [5.74, 6) is 0.394. The number of hydrogen-bond acceptors (Lipinski definition) is 7. The van der Waals surface area contributed by atoms with E-state index in [1.807, 2.05) is 44.3 Å². The molecule has 0 unspecified atom stereocenters. The molecule has 0 bridgehead atoms. The van der Waals surface area contributed by atoms with E-state index in [9.17, 15) is 24.9 Å². The quantitative estimate of drug-likeness (QED) is 0.241. The molecule has 2 aromatic heterocycles. The number of amides is 2. The lowest BCUT2D eigenvalue weighted by atomic mass is 9.93. The van der Waals surface area contributed by atoms with Gasteiger partial charge in [-0.2, -0.15) is 0 Å². The molecule has 0 spiro atoms. The minimum absolute atomic E-state index is 0.00584. The minimum Gasteiger partial charge on any atom is -0.508 e. The molecule has 5 rings (SSSR count). The van der Waals surface area contributed by atoms with Crippen LogP contribution in [0.25, 0.3) is 28.0 Å². The number of aromatic hydroxyl groups is 3. The van der Waals surface area contributed by atoms with Crippen LogP contribution in [0.1, 0.15) is 44.6 Å². The predicted octanol–water partition coefficient (Wildman–Crippen LogP) is 4.37. The number of benzene rings is 2. The lowest BCUT2D eigenvalue weighted by Crippen LogP contribution is -2.44. The van der Waals surface area contributed by atoms with Crippen molar-refractivity contribution in [2.24, 2.45) is 5.92 Å². The monoisotopic (exact) mass is 576 g/mol. The van der Waals surface area contributed by atoms with Crippen LogP contribution in [-0.2, 0) is 11.3 Å². The summed E-state index contributed by atoms with van der Waals surface area (Å²) in [6.07, 6.45) is 3.63. The first-order valence-corrected chi connectivity index (χ1v) is 14.0. The molecule has 1 aliphatic heterocycles. The van der Waals surface area contributed by atoms with Crippen molar-refractivity contribution in [1.82, 2.24) is 29.1 Å². The zero-order valence-electron chi connectivity index (χ0n) is 23.9. The first-order chi connectivity index (χ1) is 20.0. The van der Waals surface area contributed by atoms with Gasteiger partial charge >= 0.3 is 12.1 Å². The third-order valence-electron chi connectivity index (χ3n) is 8.11. The maximum atomic E-state index is 12.4. The number of phenolic OH excluding ortho intramolecular Hbond substituents is 2. The summed E-state index contributed by atoms with van der Waals surface area (Å²) >= 11 is 0. The summed E-state index contributed by atoms with van der Waals surface area (Å²) in [5.41, 5.74) is 2.66. The van der Waals surface area contributed by atoms with Crippen LogP contribution >= 0.6 is 0 Å². The molecule has 1 saturated heterocycles. The van der Waals surface area contributed by atoms with Crippen molar-refractivity contribution >= 4 is 22.9 Å². The van der Waals surface area contributed by atoms with E-state index in [1.54, 1.807) is 11.0 Å². The van der Waals surface area contributed by atoms with Crippen molar-refractivity contribution in [1.29, 1.82) is 0 Å². The molecule has 222 valence electrons. The van der Waals surface area contributed by atoms with Crippen molar-refractivity contribution in [3.8, 4) is 34.6 Å². The Labute approximate surface area is 243 Å². The fourth-order valence-corrected chi connectivity index (χ4v) is 5.61. The van der Waals surface area contributed by atoms with E-state index in [4.69, 9.17) is 5.11 Å². The average Bonchev–Trinajstić information content (AvgIpc) is 3.54. The maximum absolute atomic E-state index is 12.4. The fourth-order valence-electron chi connectivity index (χ4n) is 5.61. The van der Waals surface area contributed by atoms with E-state index in [-0.39, 0.29) is 41.7 Å². The first kappa shape index (κ1) is 28.8. The van der Waals surface area contributed by atoms with E-state index in [1.165, 1.54) is 17.7 Å². The molecule has 0 saturated carbocycles. The lowest BCUT2D eigenvalue weighted by molar-refractivity contribution is -0.133. The van der Waals surface area contributed by atoms with Gasteiger partial charge in [0.05, 0.1) is 11.3 Å². The normalized spacial score (nSPS) is 14.1. The standard InChI is InChI=1S/C30H36N6O6/c1-18(2)22-15-23(26(38)16-25(22)37)28-31-32-29(40)36(28)21-4-5-24-20(14-21)9-13-34(24)10-6-19-7-11-35(12-8-19)27(39)17-33(3)30(41)42/h4-5,9,13-16,18-19,37-38H,6-8,10-12,17H2,1-3H3,(H,32,40)(H,41,42). The van der Waals surface area contributed by atoms with Gasteiger partial charge in [0, 0.05) is 49.8 Å². The molecule has 42 heavy (non-hydrogen) atoms. The third-order valence-corrected chi connectivity index (χ3v) is 8.11. The Morgan fingerprint density at radius 3 is 2.45 bits per heavy atom. The Hall–Kier alpha value is -4.74. The van der Waals surface area contributed by atoms with E-state index in [0.29, 0.717) is 35.8 Å². The van der Waals surface area contributed by atoms with Gasteiger partial charge in [-0.15, -0.1) is 5.10 Å². The summed E-state index contributed by atoms with van der Waals surface area (Å²) < 4.78 is 3.66. The molecule has 12 nitrogen and oxygen atoms in total. The number of aromatic nitrogens is 4. The van der Waals surface area contributed by atoms with Crippen LogP contribution < -0.4 is 0 Å². The molecule has 3 heterocycles. The van der Waals surface area contributed by atoms with E-state index in [2.05, 4.69) is 14.8 Å². The Bertz CT molecular complexity index is 1620. The van der Waals surface area contributed by atoms with Crippen molar-refractivity contribution < 1.29 is 30.0 Å². The SMILES string of the molecule is CC(C)c1cc(-c2nnc(O)n2-c2ccc3c(ccn3CCC3CCN(C(=O)CN(C)C(=O)O)CC3)c2)c(O)cc1O. The molecule has 2 amide bonds. The Balaban J connectivity index is 1.29. The van der Waals surface area contributed by atoms with Crippen molar-refractivity contribution in [2.45, 2.75) is 45.6 Å². The lowest BCUT2D eigenvalue weighted by Gasteiger charge is -2.33. The molecule has 2 aromatic carbocycles. The number of piperidine rings is 1. The number of aryl methyl sites for hydroxylation is 1. The summed E-state index contributed by atoms with van der Waals surface area (Å²) in [6, 6.07) is 10.4. The van der Waals surface area contributed by atoms with Crippen LogP contribution in [-0.4, -0.2) is 88.2 Å². The summed E-state index contributed by atoms with van der Waals surface area (Å²) in [6.45, 7) is 5.82. The number of carbonyl (C=O) groups excluding carboxylic acids is 1. The topological polar surface area (TPSA) is 157 Å². The smallest absolute Gasteiger partial charge is 0.407 e. The van der Waals surface area contributed by atoms with Crippen LogP contribution in [0, 0.1) is 5.92 Å². The van der Waals surface area contributed by atoms with Crippen LogP contribution in [0.5, 0.6) is 17.5 Å². The van der Waals surface area contributed by atoms with Gasteiger partial charge < -0.3 is 34.8 Å². The number of phenols is 2. The largest absolute Gasteiger partial charge is 0.508 e. The van der Waals surface area contributed by atoms with Crippen molar-refractivity contribution in [3.05, 3.63) is 48.2 Å². The zero-order chi connectivity index (χ0) is 30.1. The maximum Gasteiger partial charge on any atom is 0.407 e. The summed E-state index contributed by atoms with van der Waals surface area (Å²) in [5, 5.41) is 49.4. The molecular formula is C30H36N6O6. The zero-order valence-corrected chi connectivity index (χ0v) is 23.9. The summed E-state index contributed by atoms with van der Waals surface area (Å²) in [4.78, 5) is 26.1. The van der Waals surface area contributed by atoms with Crippen LogP contribution in [0.3, 0.4) is 0 Å². The van der Waals surface area contributed by atoms with Gasteiger partial charge in [0.15, 0.2) is 5.82 Å². The molecule has 1 aliphatic rings. The highest BCUT2D eigenvalue weighted by atomic mass is 16.4. The van der Waals surface area contributed by atoms with Crippen LogP contribution in [0.2, 0.25) is 0 Å². The van der Waals surface area contributed by atoms with Crippen molar-refractivity contribution in [3.63, 3.8) is 0 Å². The number of fused-ring (bicyclic) bond motifs is 1. The van der Waals surface area contributed by atoms with Gasteiger partial charge in [0.25, 0.3) is 0 Å². The molecule has 12 heteroatoms. The molecule has 1 fully saturated rings. The molecule has 4 aromatic rings. The number of likely N-dealkylation sites (N-methyl/N-ethyl adjacent to an activating group) is 1. The minimum atomic E-state index is -1.11. The molecule has 4 N–H and O–H groups in total. The highest BCUT2D eigenvalue weighted by Gasteiger charge is 2.25. The Morgan fingerprint density at radius 2 is 1.76 bits per heavy atom. The fraction of sp³-hybridized carbons (Fsp3) is 0.400. The van der Waals surface area contributed by atoms with Crippen LogP contribution in [0.15, 0.2) is 42.6 Å². The second-order valence-corrected chi connectivity index (χ2v) is 11.2. The molecule has 0 atom stereocenters. The molecular weight excluding hydrogens is 540 g/mol. The Kier molecular flexibility index (Phi) is 7.97. The van der Waals surface area contributed by atoms with E-state index < -0.39 is 6.09 Å². The highest BCUT2D eigenvalue weighted by molar-refractivity contribution is 5.83. The second-order valence-electron chi connectivity index (χ2n) is 11.2. The van der Waals surface area contributed by atoms with Gasteiger partial charge in [0.2, 0.25) is 5.91 Å². The predicted molar refractivity (Wildman–Crippen MR) is 156 cm³/mol. The van der Waals surface area contributed by atoms with Gasteiger partial charge in [-0.25, -0.2) is 9.36 Å². The van der Waals surface area contributed by atoms with Crippen molar-refractivity contribution in [2.75, 3.05) is 26.7 Å². The highest BCUT2D eigenvalue weighted by Crippen LogP contribution is 2.39. The second kappa shape index (κ2) is 11.6. The number of likely N-dealkylation sites (tertiary alicyclic amines) is 1. The number of carbonyl (C=O) groups is 2. The van der Waals surface area contributed by atoms with Gasteiger partial charge in [-0.1, -0.05) is 18.9 Å². The number of hydrogen-bond donors (Lipinski definition) is 4. The van der Waals surface area contributed by atoms with E-state index >= 15 is 0 Å². The molecule has 0 radical (unpaired) electrons.